The second kappa shape index (κ2) is 15.4. The van der Waals surface area contributed by atoms with Crippen molar-refractivity contribution in [2.24, 2.45) is 5.73 Å². The molecule has 0 aromatic heterocycles. The largest absolute Gasteiger partial charge is 0.444 e. The van der Waals surface area contributed by atoms with Crippen molar-refractivity contribution >= 4 is 40.3 Å². The number of ether oxygens (including phenoxy) is 1. The molecule has 0 heterocycles. The first-order valence-corrected chi connectivity index (χ1v) is 15.2. The summed E-state index contributed by atoms with van der Waals surface area (Å²) < 4.78 is 5.43. The van der Waals surface area contributed by atoms with E-state index in [1.165, 1.54) is 4.90 Å². The van der Waals surface area contributed by atoms with E-state index in [4.69, 9.17) is 10.5 Å². The molecular formula is C35H46N4O5. The van der Waals surface area contributed by atoms with Crippen LogP contribution in [0, 0.1) is 13.8 Å². The van der Waals surface area contributed by atoms with Gasteiger partial charge in [-0.2, -0.15) is 0 Å². The number of aryl methyl sites for hydroxylation is 2. The third-order valence-electron chi connectivity index (χ3n) is 7.35. The minimum absolute atomic E-state index is 0.0382. The van der Waals surface area contributed by atoms with Crippen molar-refractivity contribution in [3.63, 3.8) is 0 Å². The molecular weight excluding hydrogens is 556 g/mol. The lowest BCUT2D eigenvalue weighted by atomic mass is 9.93. The number of primary amides is 1. The number of carbonyl (C=O) groups excluding carboxylic acids is 4. The van der Waals surface area contributed by atoms with E-state index in [-0.39, 0.29) is 25.3 Å². The van der Waals surface area contributed by atoms with Gasteiger partial charge in [-0.3, -0.25) is 14.4 Å². The van der Waals surface area contributed by atoms with Crippen molar-refractivity contribution in [2.45, 2.75) is 91.3 Å². The highest BCUT2D eigenvalue weighted by Crippen LogP contribution is 2.31. The summed E-state index contributed by atoms with van der Waals surface area (Å²) in [4.78, 5) is 54.9. The summed E-state index contributed by atoms with van der Waals surface area (Å²) in [6.07, 6.45) is 1.41. The SMILES string of the molecule is CCCCCN(C(=O)C(CCC(N)=O)NC(=O)OC(C)(C)C)C(C(=O)Nc1ccc2ccccc2c1)c1c(C)cccc1C. The lowest BCUT2D eigenvalue weighted by Gasteiger charge is -2.36. The lowest BCUT2D eigenvalue weighted by molar-refractivity contribution is -0.141. The topological polar surface area (TPSA) is 131 Å². The average Bonchev–Trinajstić information content (AvgIpc) is 2.94. The minimum atomic E-state index is -1.14. The fraction of sp³-hybridized carbons (Fsp3) is 0.429. The van der Waals surface area contributed by atoms with Gasteiger partial charge in [-0.1, -0.05) is 68.3 Å². The summed E-state index contributed by atoms with van der Waals surface area (Å²) in [5, 5.41) is 7.72. The standard InChI is InChI=1S/C35H46N4O5/c1-7-8-11-21-39(33(42)28(19-20-29(36)40)38-34(43)44-35(4,5)6)31(30-23(2)13-12-14-24(30)3)32(41)37-27-18-17-25-15-9-10-16-26(25)22-27/h9-10,12-18,22,28,31H,7-8,11,19-21H2,1-6H3,(H2,36,40)(H,37,41)(H,38,43). The molecule has 236 valence electrons. The van der Waals surface area contributed by atoms with Gasteiger partial charge in [0.25, 0.3) is 5.91 Å². The fourth-order valence-corrected chi connectivity index (χ4v) is 5.26. The fourth-order valence-electron chi connectivity index (χ4n) is 5.26. The van der Waals surface area contributed by atoms with Crippen molar-refractivity contribution in [3.8, 4) is 0 Å². The second-order valence-corrected chi connectivity index (χ2v) is 12.2. The van der Waals surface area contributed by atoms with E-state index in [1.54, 1.807) is 20.8 Å². The van der Waals surface area contributed by atoms with Crippen LogP contribution in [-0.2, 0) is 19.1 Å². The molecule has 4 amide bonds. The van der Waals surface area contributed by atoms with Gasteiger partial charge in [0, 0.05) is 18.7 Å². The molecule has 4 N–H and O–H groups in total. The van der Waals surface area contributed by atoms with E-state index >= 15 is 0 Å². The first-order chi connectivity index (χ1) is 20.8. The summed E-state index contributed by atoms with van der Waals surface area (Å²) in [5.41, 5.74) is 7.65. The normalized spacial score (nSPS) is 12.7. The number of nitrogens with one attached hydrogen (secondary N) is 2. The van der Waals surface area contributed by atoms with Gasteiger partial charge < -0.3 is 26.0 Å². The summed E-state index contributed by atoms with van der Waals surface area (Å²) in [6, 6.07) is 17.1. The third kappa shape index (κ3) is 9.56. The second-order valence-electron chi connectivity index (χ2n) is 12.2. The number of amides is 4. The van der Waals surface area contributed by atoms with E-state index in [0.717, 1.165) is 34.7 Å². The number of carbonyl (C=O) groups is 4. The molecule has 2 atom stereocenters. The van der Waals surface area contributed by atoms with Crippen LogP contribution in [0.3, 0.4) is 0 Å². The Kier molecular flexibility index (Phi) is 11.9. The van der Waals surface area contributed by atoms with Gasteiger partial charge >= 0.3 is 6.09 Å². The number of fused-ring (bicyclic) bond motifs is 1. The monoisotopic (exact) mass is 602 g/mol. The van der Waals surface area contributed by atoms with Crippen molar-refractivity contribution in [1.29, 1.82) is 0 Å². The summed E-state index contributed by atoms with van der Waals surface area (Å²) >= 11 is 0. The number of hydrogen-bond donors (Lipinski definition) is 3. The number of nitrogens with zero attached hydrogens (tertiary/aromatic N) is 1. The van der Waals surface area contributed by atoms with Gasteiger partial charge in [0.1, 0.15) is 17.7 Å². The van der Waals surface area contributed by atoms with Crippen LogP contribution >= 0.6 is 0 Å². The van der Waals surface area contributed by atoms with Crippen molar-refractivity contribution in [2.75, 3.05) is 11.9 Å². The molecule has 0 bridgehead atoms. The van der Waals surface area contributed by atoms with Gasteiger partial charge in [0.15, 0.2) is 0 Å². The van der Waals surface area contributed by atoms with Crippen LogP contribution in [-0.4, -0.2) is 46.9 Å². The highest BCUT2D eigenvalue weighted by atomic mass is 16.6. The van der Waals surface area contributed by atoms with Crippen LogP contribution in [0.25, 0.3) is 10.8 Å². The Bertz CT molecular complexity index is 1460. The summed E-state index contributed by atoms with van der Waals surface area (Å²) in [7, 11) is 0. The van der Waals surface area contributed by atoms with Crippen molar-refractivity contribution < 1.29 is 23.9 Å². The maximum Gasteiger partial charge on any atom is 0.408 e. The minimum Gasteiger partial charge on any atom is -0.444 e. The molecule has 0 aliphatic rings. The Morgan fingerprint density at radius 1 is 0.909 bits per heavy atom. The zero-order valence-electron chi connectivity index (χ0n) is 26.7. The van der Waals surface area contributed by atoms with Gasteiger partial charge in [-0.05, 0) is 87.1 Å². The molecule has 3 aromatic rings. The van der Waals surface area contributed by atoms with E-state index < -0.39 is 35.6 Å². The molecule has 0 aliphatic carbocycles. The molecule has 9 heteroatoms. The molecule has 9 nitrogen and oxygen atoms in total. The lowest BCUT2D eigenvalue weighted by Crippen LogP contribution is -2.53. The Morgan fingerprint density at radius 3 is 2.18 bits per heavy atom. The van der Waals surface area contributed by atoms with Gasteiger partial charge in [-0.25, -0.2) is 4.79 Å². The Hall–Kier alpha value is -4.40. The number of rotatable bonds is 13. The molecule has 0 fully saturated rings. The smallest absolute Gasteiger partial charge is 0.408 e. The maximum atomic E-state index is 14.4. The Balaban J connectivity index is 2.09. The Morgan fingerprint density at radius 2 is 1.57 bits per heavy atom. The van der Waals surface area contributed by atoms with Crippen LogP contribution < -0.4 is 16.4 Å². The van der Waals surface area contributed by atoms with Crippen LogP contribution in [0.5, 0.6) is 0 Å². The number of anilines is 1. The molecule has 0 spiro atoms. The van der Waals surface area contributed by atoms with Crippen LogP contribution in [0.2, 0.25) is 0 Å². The molecule has 0 radical (unpaired) electrons. The highest BCUT2D eigenvalue weighted by molar-refractivity contribution is 6.01. The van der Waals surface area contributed by atoms with Crippen LogP contribution in [0.15, 0.2) is 60.7 Å². The number of unbranched alkanes of at least 4 members (excludes halogenated alkanes) is 2. The molecule has 0 saturated heterocycles. The predicted octanol–water partition coefficient (Wildman–Crippen LogP) is 6.31. The zero-order chi connectivity index (χ0) is 32.4. The molecule has 0 saturated carbocycles. The first-order valence-electron chi connectivity index (χ1n) is 15.2. The highest BCUT2D eigenvalue weighted by Gasteiger charge is 2.37. The van der Waals surface area contributed by atoms with Crippen LogP contribution in [0.4, 0.5) is 10.5 Å². The van der Waals surface area contributed by atoms with Crippen LogP contribution in [0.1, 0.15) is 82.5 Å². The third-order valence-corrected chi connectivity index (χ3v) is 7.35. The molecule has 2 unspecified atom stereocenters. The maximum absolute atomic E-state index is 14.4. The number of nitrogens with two attached hydrogens (primary N) is 1. The number of alkyl carbamates (subject to hydrolysis) is 1. The van der Waals surface area contributed by atoms with Crippen molar-refractivity contribution in [3.05, 3.63) is 77.4 Å². The molecule has 3 rings (SSSR count). The quantitative estimate of drug-likeness (QED) is 0.197. The van der Waals surface area contributed by atoms with E-state index in [0.29, 0.717) is 17.7 Å². The van der Waals surface area contributed by atoms with E-state index in [9.17, 15) is 19.2 Å². The summed E-state index contributed by atoms with van der Waals surface area (Å²) in [5.74, 6) is -1.48. The number of hydrogen-bond acceptors (Lipinski definition) is 5. The summed E-state index contributed by atoms with van der Waals surface area (Å²) in [6.45, 7) is 11.3. The average molecular weight is 603 g/mol. The van der Waals surface area contributed by atoms with Gasteiger partial charge in [-0.15, -0.1) is 0 Å². The Labute approximate surface area is 260 Å². The van der Waals surface area contributed by atoms with Crippen molar-refractivity contribution in [1.82, 2.24) is 10.2 Å². The molecule has 3 aromatic carbocycles. The van der Waals surface area contributed by atoms with Gasteiger partial charge in [0.05, 0.1) is 0 Å². The predicted molar refractivity (Wildman–Crippen MR) is 174 cm³/mol. The molecule has 0 aliphatic heterocycles. The number of benzene rings is 3. The van der Waals surface area contributed by atoms with E-state index in [1.807, 2.05) is 74.5 Å². The first kappa shape index (κ1) is 34.1. The zero-order valence-corrected chi connectivity index (χ0v) is 26.7. The molecule has 44 heavy (non-hydrogen) atoms. The van der Waals surface area contributed by atoms with Gasteiger partial charge in [0.2, 0.25) is 11.8 Å². The van der Waals surface area contributed by atoms with E-state index in [2.05, 4.69) is 17.6 Å².